The van der Waals surface area contributed by atoms with Crippen LogP contribution < -0.4 is 5.73 Å². The number of anilines is 1. The van der Waals surface area contributed by atoms with Crippen molar-refractivity contribution >= 4 is 5.82 Å². The molecule has 2 heterocycles. The molecule has 16 heavy (non-hydrogen) atoms. The molecular weight excluding hydrogens is 208 g/mol. The van der Waals surface area contributed by atoms with Crippen LogP contribution in [-0.2, 0) is 12.0 Å². The van der Waals surface area contributed by atoms with Crippen molar-refractivity contribution in [3.8, 4) is 0 Å². The van der Waals surface area contributed by atoms with Crippen LogP contribution in [0.25, 0.3) is 0 Å². The molecule has 0 spiro atoms. The molecule has 0 aromatic carbocycles. The number of nitrogens with two attached hydrogens (primary N) is 1. The summed E-state index contributed by atoms with van der Waals surface area (Å²) in [6.45, 7) is 6.44. The van der Waals surface area contributed by atoms with Crippen LogP contribution in [0.15, 0.2) is 10.7 Å². The Hall–Kier alpha value is -1.92. The number of nitrogen functional groups attached to an aromatic ring is 1. The van der Waals surface area contributed by atoms with Gasteiger partial charge in [-0.15, -0.1) is 5.10 Å². The fraction of sp³-hybridized carbons (Fsp3) is 0.556. The van der Waals surface area contributed by atoms with Crippen molar-refractivity contribution in [3.63, 3.8) is 0 Å². The smallest absolute Gasteiger partial charge is 0.232 e. The molecule has 0 fully saturated rings. The van der Waals surface area contributed by atoms with Crippen molar-refractivity contribution in [1.82, 2.24) is 25.1 Å². The molecule has 86 valence electrons. The van der Waals surface area contributed by atoms with Crippen molar-refractivity contribution in [1.29, 1.82) is 0 Å². The monoisotopic (exact) mass is 222 g/mol. The molecule has 2 rings (SSSR count). The third-order valence-electron chi connectivity index (χ3n) is 1.97. The van der Waals surface area contributed by atoms with E-state index < -0.39 is 0 Å². The average Bonchev–Trinajstić information content (AvgIpc) is 2.74. The molecule has 0 saturated carbocycles. The zero-order valence-electron chi connectivity index (χ0n) is 9.51. The molecule has 0 bridgehead atoms. The lowest BCUT2D eigenvalue weighted by atomic mass is 9.97. The average molecular weight is 222 g/mol. The van der Waals surface area contributed by atoms with Gasteiger partial charge in [0.25, 0.3) is 0 Å². The van der Waals surface area contributed by atoms with Crippen LogP contribution in [-0.4, -0.2) is 25.1 Å². The highest BCUT2D eigenvalue weighted by atomic mass is 16.5. The van der Waals surface area contributed by atoms with Gasteiger partial charge in [-0.2, -0.15) is 4.98 Å². The molecule has 0 aliphatic carbocycles. The first-order valence-electron chi connectivity index (χ1n) is 4.94. The van der Waals surface area contributed by atoms with Gasteiger partial charge in [0.2, 0.25) is 5.89 Å². The number of nitrogens with zero attached hydrogens (tertiary/aromatic N) is 5. The third kappa shape index (κ3) is 2.18. The Balaban J connectivity index is 2.14. The summed E-state index contributed by atoms with van der Waals surface area (Å²) in [5, 5.41) is 11.3. The first-order chi connectivity index (χ1) is 7.45. The van der Waals surface area contributed by atoms with E-state index in [-0.39, 0.29) is 5.41 Å². The Bertz CT molecular complexity index is 480. The van der Waals surface area contributed by atoms with Crippen molar-refractivity contribution in [3.05, 3.63) is 17.9 Å². The molecule has 2 N–H and O–H groups in total. The maximum absolute atomic E-state index is 5.45. The van der Waals surface area contributed by atoms with E-state index in [1.807, 2.05) is 20.8 Å². The van der Waals surface area contributed by atoms with Crippen molar-refractivity contribution in [2.75, 3.05) is 5.73 Å². The standard InChI is InChI=1S/C9H14N6O/c1-9(2,3)8-11-7(13-16-8)5-15-4-6(10)12-14-15/h4H,5,10H2,1-3H3. The minimum atomic E-state index is -0.146. The van der Waals surface area contributed by atoms with Gasteiger partial charge in [-0.05, 0) is 0 Å². The third-order valence-corrected chi connectivity index (χ3v) is 1.97. The summed E-state index contributed by atoms with van der Waals surface area (Å²) in [5.74, 6) is 1.55. The quantitative estimate of drug-likeness (QED) is 0.798. The van der Waals surface area contributed by atoms with Gasteiger partial charge in [-0.25, -0.2) is 4.68 Å². The molecule has 0 saturated heterocycles. The highest BCUT2D eigenvalue weighted by Gasteiger charge is 2.21. The minimum Gasteiger partial charge on any atom is -0.381 e. The number of hydrogen-bond donors (Lipinski definition) is 1. The molecule has 0 aliphatic rings. The van der Waals surface area contributed by atoms with Gasteiger partial charge < -0.3 is 10.3 Å². The lowest BCUT2D eigenvalue weighted by molar-refractivity contribution is 0.317. The lowest BCUT2D eigenvalue weighted by Crippen LogP contribution is -2.12. The van der Waals surface area contributed by atoms with E-state index >= 15 is 0 Å². The van der Waals surface area contributed by atoms with Crippen LogP contribution in [0.2, 0.25) is 0 Å². The van der Waals surface area contributed by atoms with E-state index in [1.54, 1.807) is 10.9 Å². The van der Waals surface area contributed by atoms with Crippen LogP contribution >= 0.6 is 0 Å². The number of aromatic nitrogens is 5. The maximum atomic E-state index is 5.45. The van der Waals surface area contributed by atoms with Gasteiger partial charge in [0.05, 0.1) is 6.20 Å². The van der Waals surface area contributed by atoms with Gasteiger partial charge in [-0.1, -0.05) is 31.1 Å². The Kier molecular flexibility index (Phi) is 2.37. The SMILES string of the molecule is CC(C)(C)c1nc(Cn2cc(N)nn2)no1. The summed E-state index contributed by atoms with van der Waals surface area (Å²) < 4.78 is 6.72. The van der Waals surface area contributed by atoms with E-state index in [4.69, 9.17) is 10.3 Å². The Morgan fingerprint density at radius 2 is 2.19 bits per heavy atom. The fourth-order valence-corrected chi connectivity index (χ4v) is 1.16. The van der Waals surface area contributed by atoms with Crippen LogP contribution in [0.1, 0.15) is 32.5 Å². The summed E-state index contributed by atoms with van der Waals surface area (Å²) in [6, 6.07) is 0. The highest BCUT2D eigenvalue weighted by molar-refractivity contribution is 5.20. The minimum absolute atomic E-state index is 0.146. The van der Waals surface area contributed by atoms with Crippen molar-refractivity contribution < 1.29 is 4.52 Å². The summed E-state index contributed by atoms with van der Waals surface area (Å²) in [4.78, 5) is 4.28. The second kappa shape index (κ2) is 3.58. The first kappa shape index (κ1) is 10.6. The van der Waals surface area contributed by atoms with Gasteiger partial charge in [0, 0.05) is 5.41 Å². The number of hydrogen-bond acceptors (Lipinski definition) is 6. The van der Waals surface area contributed by atoms with Gasteiger partial charge in [0.15, 0.2) is 11.6 Å². The molecule has 0 unspecified atom stereocenters. The summed E-state index contributed by atoms with van der Waals surface area (Å²) in [5.41, 5.74) is 5.30. The predicted molar refractivity (Wildman–Crippen MR) is 56.5 cm³/mol. The summed E-state index contributed by atoms with van der Waals surface area (Å²) in [6.07, 6.45) is 1.62. The fourth-order valence-electron chi connectivity index (χ4n) is 1.16. The second-order valence-corrected chi connectivity index (χ2v) is 4.61. The van der Waals surface area contributed by atoms with Crippen molar-refractivity contribution in [2.45, 2.75) is 32.7 Å². The first-order valence-corrected chi connectivity index (χ1v) is 4.94. The molecule has 7 heteroatoms. The van der Waals surface area contributed by atoms with Crippen LogP contribution in [0.5, 0.6) is 0 Å². The molecule has 0 atom stereocenters. The Labute approximate surface area is 92.6 Å². The largest absolute Gasteiger partial charge is 0.381 e. The zero-order chi connectivity index (χ0) is 11.8. The molecule has 0 radical (unpaired) electrons. The maximum Gasteiger partial charge on any atom is 0.232 e. The van der Waals surface area contributed by atoms with Crippen LogP contribution in [0.3, 0.4) is 0 Å². The van der Waals surface area contributed by atoms with E-state index in [2.05, 4.69) is 20.5 Å². The lowest BCUT2D eigenvalue weighted by Gasteiger charge is -2.10. The molecule has 0 amide bonds. The van der Waals surface area contributed by atoms with Gasteiger partial charge in [-0.3, -0.25) is 0 Å². The van der Waals surface area contributed by atoms with Crippen LogP contribution in [0.4, 0.5) is 5.82 Å². The molecular formula is C9H14N6O. The normalized spacial score (nSPS) is 11.9. The van der Waals surface area contributed by atoms with E-state index in [9.17, 15) is 0 Å². The molecule has 0 aliphatic heterocycles. The molecule has 2 aromatic rings. The topological polar surface area (TPSA) is 95.7 Å². The van der Waals surface area contributed by atoms with E-state index in [0.29, 0.717) is 24.1 Å². The molecule has 7 nitrogen and oxygen atoms in total. The predicted octanol–water partition coefficient (Wildman–Crippen LogP) is 0.589. The number of rotatable bonds is 2. The van der Waals surface area contributed by atoms with Crippen LogP contribution in [0, 0.1) is 0 Å². The van der Waals surface area contributed by atoms with Gasteiger partial charge >= 0.3 is 0 Å². The highest BCUT2D eigenvalue weighted by Crippen LogP contribution is 2.19. The van der Waals surface area contributed by atoms with Gasteiger partial charge in [0.1, 0.15) is 6.54 Å². The Morgan fingerprint density at radius 1 is 1.44 bits per heavy atom. The second-order valence-electron chi connectivity index (χ2n) is 4.61. The summed E-state index contributed by atoms with van der Waals surface area (Å²) >= 11 is 0. The van der Waals surface area contributed by atoms with Crippen molar-refractivity contribution in [2.24, 2.45) is 0 Å². The van der Waals surface area contributed by atoms with E-state index in [1.165, 1.54) is 0 Å². The Morgan fingerprint density at radius 3 is 2.69 bits per heavy atom. The van der Waals surface area contributed by atoms with E-state index in [0.717, 1.165) is 0 Å². The molecule has 2 aromatic heterocycles. The zero-order valence-corrected chi connectivity index (χ0v) is 9.51. The summed E-state index contributed by atoms with van der Waals surface area (Å²) in [7, 11) is 0.